The molecule has 6 heteroatoms. The number of benzene rings is 1. The summed E-state index contributed by atoms with van der Waals surface area (Å²) in [6.07, 6.45) is 0. The van der Waals surface area contributed by atoms with E-state index in [1.807, 2.05) is 36.6 Å². The van der Waals surface area contributed by atoms with Gasteiger partial charge in [0.2, 0.25) is 0 Å². The van der Waals surface area contributed by atoms with E-state index in [0.29, 0.717) is 28.8 Å². The molecule has 0 fully saturated rings. The van der Waals surface area contributed by atoms with Gasteiger partial charge in [-0.3, -0.25) is 4.79 Å². The largest absolute Gasteiger partial charge is 0.462 e. The van der Waals surface area contributed by atoms with Gasteiger partial charge in [0.1, 0.15) is 16.9 Å². The Morgan fingerprint density at radius 2 is 1.96 bits per heavy atom. The van der Waals surface area contributed by atoms with Crippen molar-refractivity contribution >= 4 is 17.1 Å². The number of hydrogen-bond acceptors (Lipinski definition) is 4. The summed E-state index contributed by atoms with van der Waals surface area (Å²) in [5, 5.41) is 0. The molecule has 6 nitrogen and oxygen atoms in total. The molecule has 0 saturated heterocycles. The Labute approximate surface area is 139 Å². The fourth-order valence-corrected chi connectivity index (χ4v) is 2.98. The van der Waals surface area contributed by atoms with Gasteiger partial charge in [0, 0.05) is 6.54 Å². The van der Waals surface area contributed by atoms with Crippen LogP contribution in [0.2, 0.25) is 0 Å². The Bertz CT molecular complexity index is 955. The van der Waals surface area contributed by atoms with E-state index in [4.69, 9.17) is 4.74 Å². The summed E-state index contributed by atoms with van der Waals surface area (Å²) < 4.78 is 7.14. The van der Waals surface area contributed by atoms with Gasteiger partial charge in [-0.2, -0.15) is 0 Å². The predicted octanol–water partition coefficient (Wildman–Crippen LogP) is 2.90. The number of pyridine rings is 1. The Hall–Kier alpha value is -2.89. The van der Waals surface area contributed by atoms with E-state index in [1.165, 1.54) is 0 Å². The van der Waals surface area contributed by atoms with E-state index in [9.17, 15) is 9.59 Å². The number of ether oxygens (including phenoxy) is 1. The van der Waals surface area contributed by atoms with Crippen LogP contribution in [0.25, 0.3) is 22.3 Å². The minimum absolute atomic E-state index is 0.237. The van der Waals surface area contributed by atoms with Gasteiger partial charge in [-0.05, 0) is 26.3 Å². The summed E-state index contributed by atoms with van der Waals surface area (Å²) >= 11 is 0. The van der Waals surface area contributed by atoms with Crippen molar-refractivity contribution in [2.45, 2.75) is 27.3 Å². The van der Waals surface area contributed by atoms with E-state index in [-0.39, 0.29) is 17.7 Å². The van der Waals surface area contributed by atoms with Gasteiger partial charge in [-0.25, -0.2) is 9.78 Å². The van der Waals surface area contributed by atoms with Crippen molar-refractivity contribution < 1.29 is 9.53 Å². The minimum Gasteiger partial charge on any atom is -0.462 e. The number of carbonyl (C=O) groups is 1. The molecule has 3 rings (SSSR count). The second-order valence-electron chi connectivity index (χ2n) is 5.39. The van der Waals surface area contributed by atoms with Crippen molar-refractivity contribution in [3.05, 3.63) is 52.1 Å². The number of nitrogens with zero attached hydrogens (tertiary/aromatic N) is 2. The quantitative estimate of drug-likeness (QED) is 0.748. The molecule has 0 aliphatic carbocycles. The standard InChI is InChI=1S/C18H19N3O3/c1-4-21-11(3)19-16-15(21)14(18(23)24-5-2)13(17(22)20-16)12-9-7-6-8-10-12/h6-10H,4-5H2,1-3H3,(H,20,22). The zero-order valence-corrected chi connectivity index (χ0v) is 13.9. The Balaban J connectivity index is 2.46. The lowest BCUT2D eigenvalue weighted by Gasteiger charge is -2.12. The lowest BCUT2D eigenvalue weighted by Crippen LogP contribution is -2.18. The zero-order valence-electron chi connectivity index (χ0n) is 13.9. The van der Waals surface area contributed by atoms with Gasteiger partial charge in [0.15, 0.2) is 5.65 Å². The van der Waals surface area contributed by atoms with Gasteiger partial charge in [-0.15, -0.1) is 0 Å². The van der Waals surface area contributed by atoms with Crippen LogP contribution in [-0.2, 0) is 11.3 Å². The highest BCUT2D eigenvalue weighted by atomic mass is 16.5. The molecule has 2 aromatic heterocycles. The number of aryl methyl sites for hydroxylation is 2. The lowest BCUT2D eigenvalue weighted by molar-refractivity contribution is 0.0529. The van der Waals surface area contributed by atoms with Crippen molar-refractivity contribution in [2.24, 2.45) is 0 Å². The molecule has 24 heavy (non-hydrogen) atoms. The second kappa shape index (κ2) is 6.31. The van der Waals surface area contributed by atoms with Gasteiger partial charge >= 0.3 is 5.97 Å². The molecule has 0 bridgehead atoms. The van der Waals surface area contributed by atoms with Crippen molar-refractivity contribution in [1.82, 2.24) is 14.5 Å². The van der Waals surface area contributed by atoms with E-state index in [1.54, 1.807) is 19.1 Å². The molecule has 0 saturated carbocycles. The molecule has 3 aromatic rings. The van der Waals surface area contributed by atoms with Crippen LogP contribution in [0, 0.1) is 6.92 Å². The zero-order chi connectivity index (χ0) is 17.3. The van der Waals surface area contributed by atoms with E-state index in [0.717, 1.165) is 5.82 Å². The average molecular weight is 325 g/mol. The molecule has 2 heterocycles. The van der Waals surface area contributed by atoms with E-state index < -0.39 is 5.97 Å². The number of fused-ring (bicyclic) bond motifs is 1. The van der Waals surface area contributed by atoms with Crippen LogP contribution in [0.1, 0.15) is 30.0 Å². The number of imidazole rings is 1. The summed E-state index contributed by atoms with van der Waals surface area (Å²) in [7, 11) is 0. The van der Waals surface area contributed by atoms with Gasteiger partial charge in [0.05, 0.1) is 12.2 Å². The van der Waals surface area contributed by atoms with Crippen LogP contribution in [-0.4, -0.2) is 27.1 Å². The van der Waals surface area contributed by atoms with E-state index >= 15 is 0 Å². The van der Waals surface area contributed by atoms with Gasteiger partial charge in [0.25, 0.3) is 5.56 Å². The molecule has 0 spiro atoms. The number of carbonyl (C=O) groups excluding carboxylic acids is 1. The Morgan fingerprint density at radius 3 is 2.58 bits per heavy atom. The maximum Gasteiger partial charge on any atom is 0.341 e. The summed E-state index contributed by atoms with van der Waals surface area (Å²) in [5.41, 5.74) is 1.91. The Morgan fingerprint density at radius 1 is 1.25 bits per heavy atom. The molecule has 0 atom stereocenters. The molecule has 0 aliphatic rings. The number of rotatable bonds is 4. The third-order valence-corrected chi connectivity index (χ3v) is 3.96. The number of H-pyrrole nitrogens is 1. The van der Waals surface area contributed by atoms with Crippen LogP contribution in [0.4, 0.5) is 0 Å². The maximum atomic E-state index is 12.7. The highest BCUT2D eigenvalue weighted by Crippen LogP contribution is 2.27. The molecule has 0 unspecified atom stereocenters. The first-order valence-electron chi connectivity index (χ1n) is 7.94. The monoisotopic (exact) mass is 325 g/mol. The van der Waals surface area contributed by atoms with Crippen LogP contribution < -0.4 is 5.56 Å². The minimum atomic E-state index is -0.512. The van der Waals surface area contributed by atoms with Crippen LogP contribution >= 0.6 is 0 Å². The first-order chi connectivity index (χ1) is 11.6. The Kier molecular flexibility index (Phi) is 4.20. The molecular weight excluding hydrogens is 306 g/mol. The first kappa shape index (κ1) is 16.0. The normalized spacial score (nSPS) is 11.0. The third kappa shape index (κ3) is 2.50. The molecule has 124 valence electrons. The molecule has 0 aliphatic heterocycles. The molecule has 0 amide bonds. The summed E-state index contributed by atoms with van der Waals surface area (Å²) in [5.74, 6) is 0.223. The van der Waals surface area contributed by atoms with Crippen molar-refractivity contribution in [3.63, 3.8) is 0 Å². The van der Waals surface area contributed by atoms with Gasteiger partial charge in [-0.1, -0.05) is 30.3 Å². The number of aromatic nitrogens is 3. The lowest BCUT2D eigenvalue weighted by atomic mass is 10.0. The predicted molar refractivity (Wildman–Crippen MR) is 92.2 cm³/mol. The second-order valence-corrected chi connectivity index (χ2v) is 5.39. The number of nitrogens with one attached hydrogen (secondary N) is 1. The highest BCUT2D eigenvalue weighted by Gasteiger charge is 2.25. The van der Waals surface area contributed by atoms with Crippen molar-refractivity contribution in [1.29, 1.82) is 0 Å². The smallest absolute Gasteiger partial charge is 0.341 e. The summed E-state index contributed by atoms with van der Waals surface area (Å²) in [6.45, 7) is 6.43. The van der Waals surface area contributed by atoms with Crippen LogP contribution in [0.5, 0.6) is 0 Å². The summed E-state index contributed by atoms with van der Waals surface area (Å²) in [4.78, 5) is 32.5. The van der Waals surface area contributed by atoms with Crippen LogP contribution in [0.15, 0.2) is 35.1 Å². The number of hydrogen-bond donors (Lipinski definition) is 1. The van der Waals surface area contributed by atoms with Crippen molar-refractivity contribution in [3.8, 4) is 11.1 Å². The first-order valence-corrected chi connectivity index (χ1v) is 7.94. The number of aromatic amines is 1. The fraction of sp³-hybridized carbons (Fsp3) is 0.278. The molecular formula is C18H19N3O3. The maximum absolute atomic E-state index is 12.7. The van der Waals surface area contributed by atoms with Crippen molar-refractivity contribution in [2.75, 3.05) is 6.61 Å². The topological polar surface area (TPSA) is 77.0 Å². The SMILES string of the molecule is CCOC(=O)c1c(-c2ccccc2)c(=O)[nH]c2nc(C)n(CC)c12. The third-order valence-electron chi connectivity index (χ3n) is 3.96. The van der Waals surface area contributed by atoms with Crippen LogP contribution in [0.3, 0.4) is 0 Å². The fourth-order valence-electron chi connectivity index (χ4n) is 2.98. The van der Waals surface area contributed by atoms with Gasteiger partial charge < -0.3 is 14.3 Å². The number of esters is 1. The summed E-state index contributed by atoms with van der Waals surface area (Å²) in [6, 6.07) is 9.13. The average Bonchev–Trinajstić information content (AvgIpc) is 2.89. The molecule has 1 N–H and O–H groups in total. The molecule has 0 radical (unpaired) electrons. The highest BCUT2D eigenvalue weighted by molar-refractivity contribution is 6.07. The molecule has 1 aromatic carbocycles. The van der Waals surface area contributed by atoms with E-state index in [2.05, 4.69) is 9.97 Å².